The van der Waals surface area contributed by atoms with Crippen LogP contribution in [0.15, 0.2) is 29.8 Å². The Kier molecular flexibility index (Phi) is 2.87. The quantitative estimate of drug-likeness (QED) is 0.888. The third-order valence-electron chi connectivity index (χ3n) is 1.97. The lowest BCUT2D eigenvalue weighted by atomic mass is 10.3. The maximum absolute atomic E-state index is 10.7. The fourth-order valence-electron chi connectivity index (χ4n) is 1.19. The third-order valence-corrected chi connectivity index (χ3v) is 2.87. The van der Waals surface area contributed by atoms with Crippen LogP contribution in [-0.2, 0) is 0 Å². The summed E-state index contributed by atoms with van der Waals surface area (Å²) in [4.78, 5) is 15.0. The Morgan fingerprint density at radius 1 is 1.56 bits per heavy atom. The summed E-state index contributed by atoms with van der Waals surface area (Å²) in [6.45, 7) is 1.83. The predicted molar refractivity (Wildman–Crippen MR) is 60.3 cm³/mol. The largest absolute Gasteiger partial charge is 0.477 e. The van der Waals surface area contributed by atoms with Crippen LogP contribution >= 0.6 is 11.3 Å². The van der Waals surface area contributed by atoms with E-state index in [4.69, 9.17) is 9.84 Å². The first-order valence-electron chi connectivity index (χ1n) is 4.58. The summed E-state index contributed by atoms with van der Waals surface area (Å²) in [5, 5.41) is 10.4. The normalized spacial score (nSPS) is 10.1. The maximum atomic E-state index is 10.7. The van der Waals surface area contributed by atoms with E-state index in [1.165, 1.54) is 6.07 Å². The highest BCUT2D eigenvalue weighted by atomic mass is 32.1. The number of carboxylic acids is 1. The first-order chi connectivity index (χ1) is 7.66. The van der Waals surface area contributed by atoms with E-state index in [2.05, 4.69) is 4.98 Å². The summed E-state index contributed by atoms with van der Waals surface area (Å²) >= 11 is 1.14. The van der Waals surface area contributed by atoms with Gasteiger partial charge in [-0.05, 0) is 19.1 Å². The van der Waals surface area contributed by atoms with Crippen LogP contribution in [0.2, 0.25) is 0 Å². The smallest absolute Gasteiger partial charge is 0.346 e. The molecular weight excluding hydrogens is 226 g/mol. The van der Waals surface area contributed by atoms with E-state index in [1.54, 1.807) is 23.7 Å². The highest BCUT2D eigenvalue weighted by Crippen LogP contribution is 2.27. The summed E-state index contributed by atoms with van der Waals surface area (Å²) < 4.78 is 5.52. The lowest BCUT2D eigenvalue weighted by Crippen LogP contribution is -1.91. The Balaban J connectivity index is 2.21. The van der Waals surface area contributed by atoms with Gasteiger partial charge in [0, 0.05) is 17.6 Å². The molecule has 4 nitrogen and oxygen atoms in total. The van der Waals surface area contributed by atoms with E-state index in [-0.39, 0.29) is 4.88 Å². The van der Waals surface area contributed by atoms with Gasteiger partial charge in [0.05, 0.1) is 5.69 Å². The lowest BCUT2D eigenvalue weighted by molar-refractivity contribution is 0.0702. The molecule has 0 aromatic carbocycles. The molecule has 0 bridgehead atoms. The van der Waals surface area contributed by atoms with Gasteiger partial charge in [-0.2, -0.15) is 0 Å². The predicted octanol–water partition coefficient (Wildman–Crippen LogP) is 2.94. The van der Waals surface area contributed by atoms with Gasteiger partial charge >= 0.3 is 5.97 Å². The van der Waals surface area contributed by atoms with Gasteiger partial charge in [-0.15, -0.1) is 11.3 Å². The van der Waals surface area contributed by atoms with E-state index in [0.717, 1.165) is 17.0 Å². The van der Waals surface area contributed by atoms with Crippen molar-refractivity contribution in [3.05, 3.63) is 40.3 Å². The Morgan fingerprint density at radius 3 is 3.00 bits per heavy atom. The third kappa shape index (κ3) is 2.20. The molecule has 0 unspecified atom stereocenters. The molecule has 2 aromatic rings. The topological polar surface area (TPSA) is 59.4 Å². The molecule has 0 saturated heterocycles. The van der Waals surface area contributed by atoms with Crippen LogP contribution in [0.25, 0.3) is 0 Å². The molecule has 2 rings (SSSR count). The average molecular weight is 235 g/mol. The Morgan fingerprint density at radius 2 is 2.38 bits per heavy atom. The molecule has 0 aliphatic rings. The van der Waals surface area contributed by atoms with Crippen LogP contribution in [0.5, 0.6) is 11.5 Å². The van der Waals surface area contributed by atoms with Gasteiger partial charge < -0.3 is 9.84 Å². The SMILES string of the molecule is Cc1ncccc1Oc1csc(C(=O)O)c1. The summed E-state index contributed by atoms with van der Waals surface area (Å²) in [6.07, 6.45) is 1.68. The molecule has 2 heterocycles. The van der Waals surface area contributed by atoms with E-state index in [0.29, 0.717) is 11.5 Å². The first kappa shape index (κ1) is 10.6. The number of aryl methyl sites for hydroxylation is 1. The summed E-state index contributed by atoms with van der Waals surface area (Å²) in [5.41, 5.74) is 0.769. The van der Waals surface area contributed by atoms with Crippen LogP contribution in [0.1, 0.15) is 15.4 Å². The highest BCUT2D eigenvalue weighted by Gasteiger charge is 2.09. The molecule has 0 atom stereocenters. The molecule has 5 heteroatoms. The molecule has 0 fully saturated rings. The molecule has 0 spiro atoms. The minimum atomic E-state index is -0.942. The van der Waals surface area contributed by atoms with Gasteiger partial charge in [-0.25, -0.2) is 4.79 Å². The second-order valence-electron chi connectivity index (χ2n) is 3.14. The van der Waals surface area contributed by atoms with Crippen LogP contribution in [0, 0.1) is 6.92 Å². The molecule has 0 radical (unpaired) electrons. The van der Waals surface area contributed by atoms with Gasteiger partial charge in [0.1, 0.15) is 16.4 Å². The molecule has 0 aliphatic carbocycles. The van der Waals surface area contributed by atoms with Crippen molar-refractivity contribution in [1.82, 2.24) is 4.98 Å². The molecular formula is C11H9NO3S. The molecule has 1 N–H and O–H groups in total. The van der Waals surface area contributed by atoms with Crippen LogP contribution < -0.4 is 4.74 Å². The molecule has 16 heavy (non-hydrogen) atoms. The fraction of sp³-hybridized carbons (Fsp3) is 0.0909. The lowest BCUT2D eigenvalue weighted by Gasteiger charge is -2.04. The average Bonchev–Trinajstić information content (AvgIpc) is 2.70. The van der Waals surface area contributed by atoms with Gasteiger partial charge in [0.15, 0.2) is 0 Å². The standard InChI is InChI=1S/C11H9NO3S/c1-7-9(3-2-4-12-7)15-8-5-10(11(13)14)16-6-8/h2-6H,1H3,(H,13,14). The first-order valence-corrected chi connectivity index (χ1v) is 5.46. The molecule has 0 amide bonds. The molecule has 0 saturated carbocycles. The Bertz CT molecular complexity index is 521. The van der Waals surface area contributed by atoms with Gasteiger partial charge in [0.25, 0.3) is 0 Å². The minimum Gasteiger partial charge on any atom is -0.477 e. The monoisotopic (exact) mass is 235 g/mol. The molecule has 0 aliphatic heterocycles. The van der Waals surface area contributed by atoms with Crippen molar-refractivity contribution < 1.29 is 14.6 Å². The van der Waals surface area contributed by atoms with E-state index in [9.17, 15) is 4.79 Å². The number of aromatic nitrogens is 1. The molecule has 2 aromatic heterocycles. The van der Waals surface area contributed by atoms with Crippen molar-refractivity contribution >= 4 is 17.3 Å². The van der Waals surface area contributed by atoms with Crippen LogP contribution in [-0.4, -0.2) is 16.1 Å². The number of aromatic carboxylic acids is 1. The van der Waals surface area contributed by atoms with Crippen molar-refractivity contribution in [3.8, 4) is 11.5 Å². The number of thiophene rings is 1. The zero-order valence-electron chi connectivity index (χ0n) is 8.51. The number of carbonyl (C=O) groups is 1. The zero-order valence-corrected chi connectivity index (χ0v) is 9.32. The Labute approximate surface area is 96.1 Å². The fourth-order valence-corrected chi connectivity index (χ4v) is 1.83. The number of nitrogens with zero attached hydrogens (tertiary/aromatic N) is 1. The summed E-state index contributed by atoms with van der Waals surface area (Å²) in [7, 11) is 0. The maximum Gasteiger partial charge on any atom is 0.346 e. The second kappa shape index (κ2) is 4.32. The Hall–Kier alpha value is -1.88. The van der Waals surface area contributed by atoms with Gasteiger partial charge in [-0.3, -0.25) is 4.98 Å². The number of hydrogen-bond acceptors (Lipinski definition) is 4. The molecule has 82 valence electrons. The number of rotatable bonds is 3. The zero-order chi connectivity index (χ0) is 11.5. The summed E-state index contributed by atoms with van der Waals surface area (Å²) in [6, 6.07) is 5.06. The minimum absolute atomic E-state index is 0.261. The highest BCUT2D eigenvalue weighted by molar-refractivity contribution is 7.12. The van der Waals surface area contributed by atoms with E-state index >= 15 is 0 Å². The van der Waals surface area contributed by atoms with Crippen molar-refractivity contribution in [1.29, 1.82) is 0 Å². The van der Waals surface area contributed by atoms with Crippen LogP contribution in [0.4, 0.5) is 0 Å². The van der Waals surface area contributed by atoms with Crippen molar-refractivity contribution in [2.45, 2.75) is 6.92 Å². The van der Waals surface area contributed by atoms with Crippen LogP contribution in [0.3, 0.4) is 0 Å². The van der Waals surface area contributed by atoms with Crippen molar-refractivity contribution in [3.63, 3.8) is 0 Å². The number of pyridine rings is 1. The van der Waals surface area contributed by atoms with Crippen molar-refractivity contribution in [2.24, 2.45) is 0 Å². The van der Waals surface area contributed by atoms with Crippen molar-refractivity contribution in [2.75, 3.05) is 0 Å². The van der Waals surface area contributed by atoms with E-state index < -0.39 is 5.97 Å². The number of ether oxygens (including phenoxy) is 1. The number of hydrogen-bond donors (Lipinski definition) is 1. The number of carboxylic acid groups (broad SMARTS) is 1. The van der Waals surface area contributed by atoms with Gasteiger partial charge in [0.2, 0.25) is 0 Å². The van der Waals surface area contributed by atoms with Gasteiger partial charge in [-0.1, -0.05) is 0 Å². The second-order valence-corrected chi connectivity index (χ2v) is 4.05. The summed E-state index contributed by atoms with van der Waals surface area (Å²) in [5.74, 6) is 0.221. The van der Waals surface area contributed by atoms with E-state index in [1.807, 2.05) is 6.92 Å².